The second-order valence-electron chi connectivity index (χ2n) is 8.48. The van der Waals surface area contributed by atoms with Crippen molar-refractivity contribution in [3.05, 3.63) is 23.3 Å². The van der Waals surface area contributed by atoms with Crippen LogP contribution in [0.3, 0.4) is 0 Å². The minimum atomic E-state index is -0.0536. The van der Waals surface area contributed by atoms with Crippen molar-refractivity contribution in [2.24, 2.45) is 28.6 Å². The molecule has 4 aliphatic carbocycles. The molecule has 0 amide bonds. The van der Waals surface area contributed by atoms with Gasteiger partial charge >= 0.3 is 0 Å². The summed E-state index contributed by atoms with van der Waals surface area (Å²) in [6.07, 6.45) is 10.4. The first-order valence-electron chi connectivity index (χ1n) is 8.84. The van der Waals surface area contributed by atoms with Gasteiger partial charge in [-0.2, -0.15) is 0 Å². The van der Waals surface area contributed by atoms with E-state index in [2.05, 4.69) is 19.9 Å². The van der Waals surface area contributed by atoms with Crippen LogP contribution in [0.15, 0.2) is 23.3 Å². The molecule has 4 rings (SSSR count). The molecular formula is C20H26O2. The van der Waals surface area contributed by atoms with Crippen molar-refractivity contribution in [3.63, 3.8) is 0 Å². The van der Waals surface area contributed by atoms with Gasteiger partial charge in [-0.15, -0.1) is 0 Å². The lowest BCUT2D eigenvalue weighted by Crippen LogP contribution is -2.49. The second-order valence-corrected chi connectivity index (χ2v) is 8.48. The van der Waals surface area contributed by atoms with Crippen molar-refractivity contribution in [2.45, 2.75) is 59.3 Å². The smallest absolute Gasteiger partial charge is 0.181 e. The molecule has 0 aromatic rings. The highest BCUT2D eigenvalue weighted by Gasteiger charge is 2.58. The SMILES string of the molecule is CC1=C[C@@]2(C)C(=CC1=O)CC[C@@H]1[C@@H]2CC[C@]2(C)C(=O)CC[C@@H]12. The fourth-order valence-electron chi connectivity index (χ4n) is 6.26. The van der Waals surface area contributed by atoms with Gasteiger partial charge in [-0.1, -0.05) is 25.5 Å². The fourth-order valence-corrected chi connectivity index (χ4v) is 6.26. The number of ketones is 2. The van der Waals surface area contributed by atoms with Crippen molar-refractivity contribution in [2.75, 3.05) is 0 Å². The molecule has 3 saturated carbocycles. The molecule has 0 N–H and O–H groups in total. The Balaban J connectivity index is 1.74. The molecule has 22 heavy (non-hydrogen) atoms. The first-order valence-corrected chi connectivity index (χ1v) is 8.84. The number of fused-ring (bicyclic) bond motifs is 5. The Morgan fingerprint density at radius 1 is 1.05 bits per heavy atom. The number of Topliss-reactive ketones (excluding diaryl/α,β-unsaturated/α-hetero) is 1. The minimum absolute atomic E-state index is 0.0495. The Hall–Kier alpha value is -1.18. The lowest BCUT2D eigenvalue weighted by atomic mass is 9.48. The average Bonchev–Trinajstić information content (AvgIpc) is 2.77. The summed E-state index contributed by atoms with van der Waals surface area (Å²) >= 11 is 0. The van der Waals surface area contributed by atoms with Crippen molar-refractivity contribution in [3.8, 4) is 0 Å². The summed E-state index contributed by atoms with van der Waals surface area (Å²) in [5, 5.41) is 0. The van der Waals surface area contributed by atoms with Gasteiger partial charge in [0.2, 0.25) is 0 Å². The number of hydrogen-bond donors (Lipinski definition) is 0. The van der Waals surface area contributed by atoms with Gasteiger partial charge in [0.15, 0.2) is 5.78 Å². The number of carbonyl (C=O) groups excluding carboxylic acids is 2. The monoisotopic (exact) mass is 298 g/mol. The van der Waals surface area contributed by atoms with Crippen LogP contribution in [0.4, 0.5) is 0 Å². The summed E-state index contributed by atoms with van der Waals surface area (Å²) in [7, 11) is 0. The van der Waals surface area contributed by atoms with Gasteiger partial charge in [-0.3, -0.25) is 9.59 Å². The highest BCUT2D eigenvalue weighted by Crippen LogP contribution is 2.63. The molecule has 0 spiro atoms. The molecule has 0 aromatic carbocycles. The van der Waals surface area contributed by atoms with Crippen LogP contribution in [-0.2, 0) is 9.59 Å². The number of rotatable bonds is 0. The first kappa shape index (κ1) is 14.4. The topological polar surface area (TPSA) is 34.1 Å². The van der Waals surface area contributed by atoms with Crippen molar-refractivity contribution in [1.29, 1.82) is 0 Å². The molecule has 118 valence electrons. The van der Waals surface area contributed by atoms with Gasteiger partial charge in [0.25, 0.3) is 0 Å². The predicted molar refractivity (Wildman–Crippen MR) is 86.2 cm³/mol. The Morgan fingerprint density at radius 3 is 2.59 bits per heavy atom. The fraction of sp³-hybridized carbons (Fsp3) is 0.700. The summed E-state index contributed by atoms with van der Waals surface area (Å²) in [6.45, 7) is 6.52. The molecule has 0 heterocycles. The molecule has 0 aromatic heterocycles. The van der Waals surface area contributed by atoms with Gasteiger partial charge in [0.05, 0.1) is 0 Å². The predicted octanol–water partition coefficient (Wildman–Crippen LogP) is 4.25. The van der Waals surface area contributed by atoms with Crippen LogP contribution >= 0.6 is 0 Å². The van der Waals surface area contributed by atoms with Crippen LogP contribution in [-0.4, -0.2) is 11.6 Å². The van der Waals surface area contributed by atoms with E-state index in [0.717, 1.165) is 37.7 Å². The van der Waals surface area contributed by atoms with E-state index in [-0.39, 0.29) is 16.6 Å². The molecule has 0 bridgehead atoms. The number of hydrogen-bond acceptors (Lipinski definition) is 2. The molecule has 0 unspecified atom stereocenters. The molecule has 2 nitrogen and oxygen atoms in total. The summed E-state index contributed by atoms with van der Waals surface area (Å²) in [4.78, 5) is 24.4. The highest BCUT2D eigenvalue weighted by atomic mass is 16.1. The average molecular weight is 298 g/mol. The maximum absolute atomic E-state index is 12.4. The van der Waals surface area contributed by atoms with Gasteiger partial charge in [0, 0.05) is 17.3 Å². The summed E-state index contributed by atoms with van der Waals surface area (Å²) in [5.41, 5.74) is 2.25. The van der Waals surface area contributed by atoms with Crippen LogP contribution < -0.4 is 0 Å². The molecule has 5 atom stereocenters. The third-order valence-electron chi connectivity index (χ3n) is 7.57. The van der Waals surface area contributed by atoms with E-state index in [4.69, 9.17) is 0 Å². The zero-order valence-corrected chi connectivity index (χ0v) is 13.9. The van der Waals surface area contributed by atoms with Gasteiger partial charge < -0.3 is 0 Å². The van der Waals surface area contributed by atoms with Gasteiger partial charge in [-0.25, -0.2) is 0 Å². The quantitative estimate of drug-likeness (QED) is 0.670. The molecule has 2 heteroatoms. The first-order chi connectivity index (χ1) is 10.4. The molecule has 0 radical (unpaired) electrons. The van der Waals surface area contributed by atoms with Crippen LogP contribution in [0.25, 0.3) is 0 Å². The second kappa shape index (κ2) is 4.43. The Morgan fingerprint density at radius 2 is 1.82 bits per heavy atom. The van der Waals surface area contributed by atoms with E-state index in [9.17, 15) is 9.59 Å². The van der Waals surface area contributed by atoms with E-state index in [1.165, 1.54) is 12.0 Å². The largest absolute Gasteiger partial charge is 0.299 e. The Bertz CT molecular complexity index is 626. The van der Waals surface area contributed by atoms with Crippen molar-refractivity contribution < 1.29 is 9.59 Å². The normalized spacial score (nSPS) is 47.3. The third-order valence-corrected chi connectivity index (χ3v) is 7.57. The lowest BCUT2D eigenvalue weighted by molar-refractivity contribution is -0.131. The molecule has 0 aliphatic heterocycles. The minimum Gasteiger partial charge on any atom is -0.299 e. The highest BCUT2D eigenvalue weighted by molar-refractivity contribution is 6.05. The third kappa shape index (κ3) is 1.67. The van der Waals surface area contributed by atoms with Crippen LogP contribution in [0, 0.1) is 28.6 Å². The van der Waals surface area contributed by atoms with E-state index < -0.39 is 0 Å². The maximum atomic E-state index is 12.4. The van der Waals surface area contributed by atoms with Crippen LogP contribution in [0.1, 0.15) is 59.3 Å². The molecule has 3 fully saturated rings. The lowest BCUT2D eigenvalue weighted by Gasteiger charge is -2.55. The van der Waals surface area contributed by atoms with E-state index >= 15 is 0 Å². The van der Waals surface area contributed by atoms with Gasteiger partial charge in [0.1, 0.15) is 5.78 Å². The Kier molecular flexibility index (Phi) is 2.90. The summed E-state index contributed by atoms with van der Waals surface area (Å²) < 4.78 is 0. The standard InChI is InChI=1S/C20H26O2/c1-12-11-20(3)13(10-17(12)21)4-5-14-15-6-7-18(22)19(15,2)9-8-16(14)20/h10-11,14-16H,4-9H2,1-3H3/t14-,15-,16-,19-,20-/m0/s1. The number of carbonyl (C=O) groups is 2. The van der Waals surface area contributed by atoms with Crippen LogP contribution in [0.5, 0.6) is 0 Å². The zero-order valence-electron chi connectivity index (χ0n) is 13.9. The Labute approximate surface area is 133 Å². The van der Waals surface area contributed by atoms with Crippen LogP contribution in [0.2, 0.25) is 0 Å². The molecule has 0 saturated heterocycles. The van der Waals surface area contributed by atoms with Crippen molar-refractivity contribution >= 4 is 11.6 Å². The van der Waals surface area contributed by atoms with E-state index in [0.29, 0.717) is 23.5 Å². The van der Waals surface area contributed by atoms with E-state index in [1.54, 1.807) is 0 Å². The summed E-state index contributed by atoms with van der Waals surface area (Å²) in [5.74, 6) is 2.54. The maximum Gasteiger partial charge on any atom is 0.181 e. The molecule has 4 aliphatic rings. The summed E-state index contributed by atoms with van der Waals surface area (Å²) in [6, 6.07) is 0. The molecular weight excluding hydrogens is 272 g/mol. The zero-order chi connectivity index (χ0) is 15.7. The number of allylic oxidation sites excluding steroid dienone is 4. The van der Waals surface area contributed by atoms with Gasteiger partial charge in [-0.05, 0) is 68.4 Å². The van der Waals surface area contributed by atoms with E-state index in [1.807, 2.05) is 13.0 Å². The van der Waals surface area contributed by atoms with Crippen molar-refractivity contribution in [1.82, 2.24) is 0 Å².